The van der Waals surface area contributed by atoms with E-state index in [9.17, 15) is 4.79 Å². The zero-order valence-electron chi connectivity index (χ0n) is 18.5. The van der Waals surface area contributed by atoms with Gasteiger partial charge in [0.2, 0.25) is 0 Å². The van der Waals surface area contributed by atoms with Gasteiger partial charge in [0.05, 0.1) is 0 Å². The molecule has 31 heavy (non-hydrogen) atoms. The van der Waals surface area contributed by atoms with Crippen molar-refractivity contribution in [1.29, 1.82) is 0 Å². The standard InChI is InChI=1S/C27H28BrNO2/c1-19-15-20(2)17-24(16-19)22-8-12-27(31-14-13-29(3)4)23(18-22)7-11-26(30)21-5-9-25(28)10-6-21/h5-12,15-18H,13-14H2,1-4H3. The van der Waals surface area contributed by atoms with Crippen LogP contribution in [0.5, 0.6) is 5.75 Å². The molecule has 0 aromatic heterocycles. The van der Waals surface area contributed by atoms with Gasteiger partial charge < -0.3 is 9.64 Å². The van der Waals surface area contributed by atoms with E-state index in [1.165, 1.54) is 11.1 Å². The van der Waals surface area contributed by atoms with Crippen molar-refractivity contribution in [2.24, 2.45) is 0 Å². The van der Waals surface area contributed by atoms with Crippen molar-refractivity contribution in [3.05, 3.63) is 93.5 Å². The van der Waals surface area contributed by atoms with Gasteiger partial charge in [0.25, 0.3) is 0 Å². The first kappa shape index (κ1) is 23.0. The molecule has 0 aliphatic heterocycles. The molecule has 4 heteroatoms. The van der Waals surface area contributed by atoms with Crippen LogP contribution in [0.25, 0.3) is 17.2 Å². The van der Waals surface area contributed by atoms with Crippen molar-refractivity contribution < 1.29 is 9.53 Å². The lowest BCUT2D eigenvalue weighted by Crippen LogP contribution is -2.19. The first-order valence-corrected chi connectivity index (χ1v) is 11.1. The molecule has 0 saturated heterocycles. The molecule has 0 bridgehead atoms. The van der Waals surface area contributed by atoms with Crippen molar-refractivity contribution in [3.8, 4) is 16.9 Å². The van der Waals surface area contributed by atoms with E-state index in [1.54, 1.807) is 6.08 Å². The monoisotopic (exact) mass is 477 g/mol. The predicted molar refractivity (Wildman–Crippen MR) is 133 cm³/mol. The van der Waals surface area contributed by atoms with Gasteiger partial charge in [0.1, 0.15) is 12.4 Å². The molecule has 0 aliphatic rings. The molecule has 0 N–H and O–H groups in total. The van der Waals surface area contributed by atoms with E-state index in [0.29, 0.717) is 12.2 Å². The Kier molecular flexibility index (Phi) is 7.83. The van der Waals surface area contributed by atoms with Gasteiger partial charge in [-0.25, -0.2) is 0 Å². The number of rotatable bonds is 8. The maximum Gasteiger partial charge on any atom is 0.185 e. The number of hydrogen-bond donors (Lipinski definition) is 0. The van der Waals surface area contributed by atoms with Crippen LogP contribution < -0.4 is 4.74 Å². The van der Waals surface area contributed by atoms with E-state index < -0.39 is 0 Å². The predicted octanol–water partition coefficient (Wildman–Crippen LogP) is 6.57. The lowest BCUT2D eigenvalue weighted by Gasteiger charge is -2.14. The smallest absolute Gasteiger partial charge is 0.185 e. The summed E-state index contributed by atoms with van der Waals surface area (Å²) in [7, 11) is 4.04. The van der Waals surface area contributed by atoms with E-state index in [2.05, 4.69) is 65.0 Å². The number of allylic oxidation sites excluding steroid dienone is 1. The fourth-order valence-electron chi connectivity index (χ4n) is 3.35. The Balaban J connectivity index is 1.92. The SMILES string of the molecule is Cc1cc(C)cc(-c2ccc(OCCN(C)C)c(C=CC(=O)c3ccc(Br)cc3)c2)c1. The summed E-state index contributed by atoms with van der Waals surface area (Å²) in [6.07, 6.45) is 3.46. The summed E-state index contributed by atoms with van der Waals surface area (Å²) in [5.74, 6) is 0.735. The average molecular weight is 478 g/mol. The van der Waals surface area contributed by atoms with Crippen LogP contribution in [-0.2, 0) is 0 Å². The van der Waals surface area contributed by atoms with E-state index in [4.69, 9.17) is 4.74 Å². The van der Waals surface area contributed by atoms with Crippen molar-refractivity contribution >= 4 is 27.8 Å². The van der Waals surface area contributed by atoms with Gasteiger partial charge in [-0.3, -0.25) is 4.79 Å². The molecule has 0 fully saturated rings. The molecule has 0 spiro atoms. The molecule has 0 unspecified atom stereocenters. The van der Waals surface area contributed by atoms with Gasteiger partial charge in [-0.15, -0.1) is 0 Å². The van der Waals surface area contributed by atoms with Crippen LogP contribution >= 0.6 is 15.9 Å². The summed E-state index contributed by atoms with van der Waals surface area (Å²) in [5, 5.41) is 0. The number of ketones is 1. The summed E-state index contributed by atoms with van der Waals surface area (Å²) < 4.78 is 6.98. The van der Waals surface area contributed by atoms with Crippen LogP contribution in [0, 0.1) is 13.8 Å². The number of aryl methyl sites for hydroxylation is 2. The third-order valence-corrected chi connectivity index (χ3v) is 5.43. The van der Waals surface area contributed by atoms with Crippen molar-refractivity contribution in [1.82, 2.24) is 4.90 Å². The minimum absolute atomic E-state index is 0.0384. The number of nitrogens with zero attached hydrogens (tertiary/aromatic N) is 1. The topological polar surface area (TPSA) is 29.5 Å². The third kappa shape index (κ3) is 6.65. The number of benzene rings is 3. The number of likely N-dealkylation sites (N-methyl/N-ethyl adjacent to an activating group) is 1. The molecule has 3 rings (SSSR count). The molecule has 0 atom stereocenters. The normalized spacial score (nSPS) is 11.3. The van der Waals surface area contributed by atoms with Crippen molar-refractivity contribution in [2.45, 2.75) is 13.8 Å². The van der Waals surface area contributed by atoms with E-state index in [1.807, 2.05) is 50.5 Å². The Morgan fingerprint density at radius 3 is 2.26 bits per heavy atom. The summed E-state index contributed by atoms with van der Waals surface area (Å²) in [6.45, 7) is 5.61. The highest BCUT2D eigenvalue weighted by molar-refractivity contribution is 9.10. The van der Waals surface area contributed by atoms with E-state index >= 15 is 0 Å². The molecule has 3 aromatic rings. The Bertz CT molecular complexity index is 1060. The number of carbonyl (C=O) groups is 1. The van der Waals surface area contributed by atoms with Gasteiger partial charge >= 0.3 is 0 Å². The molecule has 0 amide bonds. The van der Waals surface area contributed by atoms with Crippen LogP contribution in [-0.4, -0.2) is 37.9 Å². The molecule has 0 saturated carbocycles. The number of ether oxygens (including phenoxy) is 1. The van der Waals surface area contributed by atoms with Crippen LogP contribution in [0.2, 0.25) is 0 Å². The number of hydrogen-bond acceptors (Lipinski definition) is 3. The summed E-state index contributed by atoms with van der Waals surface area (Å²) in [5.41, 5.74) is 6.25. The minimum Gasteiger partial charge on any atom is -0.492 e. The van der Waals surface area contributed by atoms with Gasteiger partial charge in [-0.2, -0.15) is 0 Å². The maximum atomic E-state index is 12.6. The number of carbonyl (C=O) groups excluding carboxylic acids is 1. The molecule has 3 nitrogen and oxygen atoms in total. The molecule has 0 aliphatic carbocycles. The zero-order chi connectivity index (χ0) is 22.4. The Morgan fingerprint density at radius 2 is 1.61 bits per heavy atom. The van der Waals surface area contributed by atoms with Crippen molar-refractivity contribution in [3.63, 3.8) is 0 Å². The number of halogens is 1. The first-order chi connectivity index (χ1) is 14.8. The van der Waals surface area contributed by atoms with Crippen LogP contribution in [0.4, 0.5) is 0 Å². The highest BCUT2D eigenvalue weighted by Gasteiger charge is 2.08. The average Bonchev–Trinajstić information content (AvgIpc) is 2.72. The Hall–Kier alpha value is -2.69. The second kappa shape index (κ2) is 10.6. The van der Waals surface area contributed by atoms with Crippen LogP contribution in [0.1, 0.15) is 27.0 Å². The highest BCUT2D eigenvalue weighted by atomic mass is 79.9. The molecule has 3 aromatic carbocycles. The fraction of sp³-hybridized carbons (Fsp3) is 0.222. The van der Waals surface area contributed by atoms with E-state index in [0.717, 1.165) is 33.5 Å². The van der Waals surface area contributed by atoms with Gasteiger partial charge in [-0.1, -0.05) is 51.3 Å². The first-order valence-electron chi connectivity index (χ1n) is 10.3. The molecular formula is C27H28BrNO2. The Morgan fingerprint density at radius 1 is 0.935 bits per heavy atom. The largest absolute Gasteiger partial charge is 0.492 e. The highest BCUT2D eigenvalue weighted by Crippen LogP contribution is 2.29. The van der Waals surface area contributed by atoms with Gasteiger partial charge in [0.15, 0.2) is 5.78 Å². The fourth-order valence-corrected chi connectivity index (χ4v) is 3.61. The lowest BCUT2D eigenvalue weighted by atomic mass is 9.98. The summed E-state index contributed by atoms with van der Waals surface area (Å²) in [4.78, 5) is 14.7. The second-order valence-electron chi connectivity index (χ2n) is 7.99. The van der Waals surface area contributed by atoms with Crippen LogP contribution in [0.15, 0.2) is 71.2 Å². The van der Waals surface area contributed by atoms with Crippen molar-refractivity contribution in [2.75, 3.05) is 27.2 Å². The second-order valence-corrected chi connectivity index (χ2v) is 8.90. The van der Waals surface area contributed by atoms with E-state index in [-0.39, 0.29) is 5.78 Å². The molecule has 160 valence electrons. The Labute approximate surface area is 193 Å². The zero-order valence-corrected chi connectivity index (χ0v) is 20.1. The quantitative estimate of drug-likeness (QED) is 0.271. The van der Waals surface area contributed by atoms with Crippen LogP contribution in [0.3, 0.4) is 0 Å². The third-order valence-electron chi connectivity index (χ3n) is 4.90. The molecular weight excluding hydrogens is 450 g/mol. The summed E-state index contributed by atoms with van der Waals surface area (Å²) in [6, 6.07) is 20.1. The molecule has 0 heterocycles. The summed E-state index contributed by atoms with van der Waals surface area (Å²) >= 11 is 3.40. The maximum absolute atomic E-state index is 12.6. The minimum atomic E-state index is -0.0384. The van der Waals surface area contributed by atoms with Gasteiger partial charge in [0, 0.05) is 22.1 Å². The molecule has 0 radical (unpaired) electrons. The van der Waals surface area contributed by atoms with Gasteiger partial charge in [-0.05, 0) is 87.6 Å². The lowest BCUT2D eigenvalue weighted by molar-refractivity contribution is 0.104.